The Morgan fingerprint density at radius 2 is 2.00 bits per heavy atom. The van der Waals surface area contributed by atoms with Gasteiger partial charge in [-0.3, -0.25) is 0 Å². The molecule has 0 spiro atoms. The SMILES string of the molecule is CC(C)CNCc1cc(Br)ccc1Oc1cccc(Cl)c1. The number of halogens is 2. The highest BCUT2D eigenvalue weighted by molar-refractivity contribution is 9.10. The molecule has 0 saturated carbocycles. The number of hydrogen-bond acceptors (Lipinski definition) is 2. The molecule has 2 rings (SSSR count). The Labute approximate surface area is 139 Å². The fourth-order valence-corrected chi connectivity index (χ4v) is 2.53. The van der Waals surface area contributed by atoms with Crippen molar-refractivity contribution in [3.05, 3.63) is 57.5 Å². The molecule has 2 aromatic carbocycles. The summed E-state index contributed by atoms with van der Waals surface area (Å²) in [5, 5.41) is 4.11. The molecule has 0 saturated heterocycles. The topological polar surface area (TPSA) is 21.3 Å². The van der Waals surface area contributed by atoms with Gasteiger partial charge in [-0.1, -0.05) is 47.4 Å². The predicted octanol–water partition coefficient (Wildman–Crippen LogP) is 5.64. The molecule has 0 atom stereocenters. The number of hydrogen-bond donors (Lipinski definition) is 1. The number of benzene rings is 2. The Balaban J connectivity index is 2.14. The van der Waals surface area contributed by atoms with E-state index in [1.54, 1.807) is 0 Å². The minimum absolute atomic E-state index is 0.620. The van der Waals surface area contributed by atoms with Crippen LogP contribution in [0.2, 0.25) is 5.02 Å². The third-order valence-corrected chi connectivity index (χ3v) is 3.64. The Morgan fingerprint density at radius 3 is 2.71 bits per heavy atom. The van der Waals surface area contributed by atoms with Crippen LogP contribution in [0.15, 0.2) is 46.9 Å². The minimum atomic E-state index is 0.620. The van der Waals surface area contributed by atoms with Crippen LogP contribution in [0.25, 0.3) is 0 Å². The Hall–Kier alpha value is -1.03. The van der Waals surface area contributed by atoms with Crippen LogP contribution in [0.4, 0.5) is 0 Å². The molecule has 0 amide bonds. The first-order chi connectivity index (χ1) is 10.0. The molecule has 21 heavy (non-hydrogen) atoms. The molecule has 0 aliphatic carbocycles. The summed E-state index contributed by atoms with van der Waals surface area (Å²) in [6.45, 7) is 6.13. The van der Waals surface area contributed by atoms with Crippen LogP contribution in [-0.4, -0.2) is 6.54 Å². The molecule has 0 aromatic heterocycles. The van der Waals surface area contributed by atoms with E-state index in [0.29, 0.717) is 10.9 Å². The number of nitrogens with one attached hydrogen (secondary N) is 1. The summed E-state index contributed by atoms with van der Waals surface area (Å²) in [7, 11) is 0. The molecule has 4 heteroatoms. The van der Waals surface area contributed by atoms with Crippen molar-refractivity contribution in [1.29, 1.82) is 0 Å². The highest BCUT2D eigenvalue weighted by Crippen LogP contribution is 2.29. The van der Waals surface area contributed by atoms with Gasteiger partial charge in [0.15, 0.2) is 0 Å². The fourth-order valence-electron chi connectivity index (χ4n) is 1.94. The highest BCUT2D eigenvalue weighted by Gasteiger charge is 2.07. The van der Waals surface area contributed by atoms with E-state index >= 15 is 0 Å². The number of ether oxygens (including phenoxy) is 1. The van der Waals surface area contributed by atoms with Gasteiger partial charge in [0.2, 0.25) is 0 Å². The lowest BCUT2D eigenvalue weighted by Crippen LogP contribution is -2.19. The first-order valence-corrected chi connectivity index (χ1v) is 8.14. The largest absolute Gasteiger partial charge is 0.457 e. The van der Waals surface area contributed by atoms with E-state index in [1.165, 1.54) is 0 Å². The van der Waals surface area contributed by atoms with Crippen LogP contribution in [0.1, 0.15) is 19.4 Å². The summed E-state index contributed by atoms with van der Waals surface area (Å²) in [6.07, 6.45) is 0. The van der Waals surface area contributed by atoms with Crippen molar-refractivity contribution in [3.8, 4) is 11.5 Å². The van der Waals surface area contributed by atoms with E-state index in [4.69, 9.17) is 16.3 Å². The second-order valence-corrected chi connectivity index (χ2v) is 6.69. The van der Waals surface area contributed by atoms with Gasteiger partial charge in [0.05, 0.1) is 0 Å². The molecule has 1 N–H and O–H groups in total. The van der Waals surface area contributed by atoms with Crippen molar-refractivity contribution < 1.29 is 4.74 Å². The van der Waals surface area contributed by atoms with Gasteiger partial charge in [-0.25, -0.2) is 0 Å². The lowest BCUT2D eigenvalue weighted by molar-refractivity contribution is 0.469. The summed E-state index contributed by atoms with van der Waals surface area (Å²) in [5.41, 5.74) is 1.12. The molecule has 0 unspecified atom stereocenters. The summed E-state index contributed by atoms with van der Waals surface area (Å²) in [4.78, 5) is 0. The maximum absolute atomic E-state index is 5.99. The van der Waals surface area contributed by atoms with Gasteiger partial charge >= 0.3 is 0 Å². The molecule has 2 nitrogen and oxygen atoms in total. The first kappa shape index (κ1) is 16.3. The Kier molecular flexibility index (Phi) is 6.09. The monoisotopic (exact) mass is 367 g/mol. The van der Waals surface area contributed by atoms with Gasteiger partial charge in [0.1, 0.15) is 11.5 Å². The van der Waals surface area contributed by atoms with E-state index in [-0.39, 0.29) is 0 Å². The van der Waals surface area contributed by atoms with Crippen molar-refractivity contribution in [2.24, 2.45) is 5.92 Å². The van der Waals surface area contributed by atoms with Crippen molar-refractivity contribution in [2.45, 2.75) is 20.4 Å². The average Bonchev–Trinajstić information content (AvgIpc) is 2.41. The third-order valence-electron chi connectivity index (χ3n) is 2.91. The van der Waals surface area contributed by atoms with Crippen molar-refractivity contribution in [2.75, 3.05) is 6.54 Å². The molecule has 0 aliphatic heterocycles. The van der Waals surface area contributed by atoms with Crippen LogP contribution in [-0.2, 0) is 6.54 Å². The van der Waals surface area contributed by atoms with Crippen molar-refractivity contribution in [3.63, 3.8) is 0 Å². The summed E-state index contributed by atoms with van der Waals surface area (Å²) in [5.74, 6) is 2.21. The first-order valence-electron chi connectivity index (χ1n) is 6.97. The van der Waals surface area contributed by atoms with E-state index in [0.717, 1.165) is 34.6 Å². The molecule has 0 bridgehead atoms. The van der Waals surface area contributed by atoms with E-state index in [1.807, 2.05) is 36.4 Å². The maximum atomic E-state index is 5.99. The number of rotatable bonds is 6. The van der Waals surface area contributed by atoms with Gasteiger partial charge in [-0.15, -0.1) is 0 Å². The molecular weight excluding hydrogens is 350 g/mol. The molecule has 0 fully saturated rings. The highest BCUT2D eigenvalue weighted by atomic mass is 79.9. The summed E-state index contributed by atoms with van der Waals surface area (Å²) in [6, 6.07) is 13.5. The van der Waals surface area contributed by atoms with Gasteiger partial charge in [0.25, 0.3) is 0 Å². The lowest BCUT2D eigenvalue weighted by Gasteiger charge is -2.13. The Bertz CT molecular complexity index is 601. The average molecular weight is 369 g/mol. The van der Waals surface area contributed by atoms with Gasteiger partial charge < -0.3 is 10.1 Å². The minimum Gasteiger partial charge on any atom is -0.457 e. The van der Waals surface area contributed by atoms with Crippen LogP contribution >= 0.6 is 27.5 Å². The third kappa shape index (κ3) is 5.34. The van der Waals surface area contributed by atoms with Crippen molar-refractivity contribution in [1.82, 2.24) is 5.32 Å². The molecule has 112 valence electrons. The fraction of sp³-hybridized carbons (Fsp3) is 0.294. The lowest BCUT2D eigenvalue weighted by atomic mass is 10.2. The van der Waals surface area contributed by atoms with Gasteiger partial charge in [-0.05, 0) is 48.9 Å². The van der Waals surface area contributed by atoms with Crippen molar-refractivity contribution >= 4 is 27.5 Å². The van der Waals surface area contributed by atoms with E-state index in [9.17, 15) is 0 Å². The normalized spacial score (nSPS) is 10.9. The Morgan fingerprint density at radius 1 is 1.19 bits per heavy atom. The summed E-state index contributed by atoms with van der Waals surface area (Å²) >= 11 is 9.50. The van der Waals surface area contributed by atoms with Crippen LogP contribution in [0, 0.1) is 5.92 Å². The molecule has 0 heterocycles. The van der Waals surface area contributed by atoms with Crippen LogP contribution in [0.5, 0.6) is 11.5 Å². The molecule has 2 aromatic rings. The molecule has 0 radical (unpaired) electrons. The zero-order valence-corrected chi connectivity index (χ0v) is 14.5. The van der Waals surface area contributed by atoms with Crippen LogP contribution < -0.4 is 10.1 Å². The molecular formula is C17H19BrClNO. The molecule has 0 aliphatic rings. The van der Waals surface area contributed by atoms with Gasteiger partial charge in [0, 0.05) is 21.6 Å². The quantitative estimate of drug-likeness (QED) is 0.712. The van der Waals surface area contributed by atoms with Gasteiger partial charge in [-0.2, -0.15) is 0 Å². The second kappa shape index (κ2) is 7.83. The predicted molar refractivity (Wildman–Crippen MR) is 92.2 cm³/mol. The standard InChI is InChI=1S/C17H19BrClNO/c1-12(2)10-20-11-13-8-14(18)6-7-17(13)21-16-5-3-4-15(19)9-16/h3-9,12,20H,10-11H2,1-2H3. The zero-order chi connectivity index (χ0) is 15.2. The zero-order valence-electron chi connectivity index (χ0n) is 12.2. The van der Waals surface area contributed by atoms with Crippen LogP contribution in [0.3, 0.4) is 0 Å². The second-order valence-electron chi connectivity index (χ2n) is 5.34. The maximum Gasteiger partial charge on any atom is 0.131 e. The summed E-state index contributed by atoms with van der Waals surface area (Å²) < 4.78 is 7.00. The van der Waals surface area contributed by atoms with E-state index in [2.05, 4.69) is 41.2 Å². The smallest absolute Gasteiger partial charge is 0.131 e. The van der Waals surface area contributed by atoms with E-state index < -0.39 is 0 Å².